The third kappa shape index (κ3) is 6.69. The van der Waals surface area contributed by atoms with E-state index in [0.717, 1.165) is 4.57 Å². The molecule has 1 aromatic heterocycles. The Kier molecular flexibility index (Phi) is 8.35. The number of phosphoric ester groups is 2. The number of phosphoric acid groups is 2. The van der Waals surface area contributed by atoms with E-state index in [2.05, 4.69) is 18.3 Å². The van der Waals surface area contributed by atoms with Gasteiger partial charge in [-0.3, -0.25) is 23.4 Å². The van der Waals surface area contributed by atoms with Crippen LogP contribution >= 0.6 is 15.6 Å². The molecule has 2 aliphatic rings. The molecule has 0 spiro atoms. The molecule has 18 heteroatoms. The molecular weight excluding hydrogens is 506 g/mol. The number of H-pyrrole nitrogens is 1. The van der Waals surface area contributed by atoms with E-state index in [1.165, 1.54) is 20.0 Å². The second-order valence-electron chi connectivity index (χ2n) is 7.90. The van der Waals surface area contributed by atoms with E-state index in [1.54, 1.807) is 0 Å². The second-order valence-corrected chi connectivity index (χ2v) is 10.9. The Morgan fingerprint density at radius 3 is 2.44 bits per heavy atom. The van der Waals surface area contributed by atoms with Gasteiger partial charge in [-0.1, -0.05) is 0 Å². The van der Waals surface area contributed by atoms with Gasteiger partial charge in [0.2, 0.25) is 0 Å². The summed E-state index contributed by atoms with van der Waals surface area (Å²) in [6.45, 7) is 2.05. The summed E-state index contributed by atoms with van der Waals surface area (Å²) >= 11 is 0. The van der Waals surface area contributed by atoms with E-state index >= 15 is 0 Å². The van der Waals surface area contributed by atoms with Crippen LogP contribution in [0.4, 0.5) is 0 Å². The van der Waals surface area contributed by atoms with Gasteiger partial charge >= 0.3 is 21.3 Å². The van der Waals surface area contributed by atoms with Gasteiger partial charge in [-0.05, 0) is 13.8 Å². The van der Waals surface area contributed by atoms with E-state index in [0.29, 0.717) is 0 Å². The molecule has 3 heterocycles. The minimum Gasteiger partial charge on any atom is -0.390 e. The van der Waals surface area contributed by atoms with Crippen LogP contribution in [0.5, 0.6) is 0 Å². The number of aliphatic hydroxyl groups is 3. The number of rotatable bonds is 8. The fraction of sp³-hybridized carbons (Fsp3) is 0.750. The summed E-state index contributed by atoms with van der Waals surface area (Å²) in [6.07, 6.45) is -7.90. The number of nitrogens with zero attached hydrogens (tertiary/aromatic N) is 1. The van der Waals surface area contributed by atoms with Crippen molar-refractivity contribution in [2.75, 3.05) is 6.61 Å². The first-order valence-electron chi connectivity index (χ1n) is 10.0. The maximum Gasteiger partial charge on any atom is 0.483 e. The number of hydrogen-bond donors (Lipinski definition) is 6. The van der Waals surface area contributed by atoms with Gasteiger partial charge in [0.1, 0.15) is 18.4 Å². The van der Waals surface area contributed by atoms with E-state index in [-0.39, 0.29) is 12.0 Å². The fourth-order valence-corrected chi connectivity index (χ4v) is 5.57. The van der Waals surface area contributed by atoms with E-state index < -0.39 is 83.0 Å². The molecule has 6 N–H and O–H groups in total. The topological polar surface area (TPSA) is 236 Å². The Bertz CT molecular complexity index is 1080. The highest BCUT2D eigenvalue weighted by Gasteiger charge is 2.43. The summed E-state index contributed by atoms with van der Waals surface area (Å²) in [7, 11) is -10.5. The van der Waals surface area contributed by atoms with Crippen LogP contribution < -0.4 is 11.2 Å². The average Bonchev–Trinajstić information content (AvgIpc) is 3.06. The number of aromatic amines is 1. The molecule has 0 aromatic carbocycles. The molecule has 9 atom stereocenters. The summed E-state index contributed by atoms with van der Waals surface area (Å²) in [5.74, 6) is 0. The average molecular weight is 532 g/mol. The van der Waals surface area contributed by atoms with E-state index in [9.17, 15) is 43.8 Å². The van der Waals surface area contributed by atoms with Gasteiger partial charge in [-0.2, -0.15) is 4.31 Å². The summed E-state index contributed by atoms with van der Waals surface area (Å²) in [5.41, 5.74) is -1.17. The maximum atomic E-state index is 12.1. The molecule has 16 nitrogen and oxygen atoms in total. The van der Waals surface area contributed by atoms with Gasteiger partial charge in [0.25, 0.3) is 5.56 Å². The van der Waals surface area contributed by atoms with Gasteiger partial charge < -0.3 is 34.6 Å². The lowest BCUT2D eigenvalue weighted by molar-refractivity contribution is -0.220. The molecule has 2 unspecified atom stereocenters. The lowest BCUT2D eigenvalue weighted by Gasteiger charge is -2.35. The standard InChI is InChI=1S/C16H26N2O14P2/c1-7-5-18(16(23)17-15(7)22)12-3-9(19)11(30-12)6-28-33(24,25)32-34(26,27)31-13-4-10(20)14(21)8(2)29-13/h5,8-14,19-21H,3-4,6H2,1-2H3,(H,24,25)(H,26,27)(H,17,22,23)/t8-,9+,10-,11-,12-,13+,14+/m1/s1. The fourth-order valence-electron chi connectivity index (χ4n) is 3.42. The summed E-state index contributed by atoms with van der Waals surface area (Å²) in [4.78, 5) is 45.1. The second kappa shape index (κ2) is 10.4. The van der Waals surface area contributed by atoms with Crippen molar-refractivity contribution in [2.24, 2.45) is 0 Å². The van der Waals surface area contributed by atoms with Crippen LogP contribution in [0.3, 0.4) is 0 Å². The molecule has 2 aliphatic heterocycles. The van der Waals surface area contributed by atoms with Crippen molar-refractivity contribution in [3.8, 4) is 0 Å². The minimum absolute atomic E-state index is 0.122. The highest BCUT2D eigenvalue weighted by Crippen LogP contribution is 2.61. The number of ether oxygens (including phenoxy) is 2. The Hall–Kier alpha value is -1.26. The third-order valence-electron chi connectivity index (χ3n) is 5.19. The van der Waals surface area contributed by atoms with Gasteiger partial charge in [-0.25, -0.2) is 13.9 Å². The minimum atomic E-state index is -5.25. The van der Waals surface area contributed by atoms with Crippen LogP contribution in [0.2, 0.25) is 0 Å². The summed E-state index contributed by atoms with van der Waals surface area (Å²) < 4.78 is 49.3. The predicted octanol–water partition coefficient (Wildman–Crippen LogP) is -1.40. The van der Waals surface area contributed by atoms with Crippen LogP contribution in [0.15, 0.2) is 15.8 Å². The normalized spacial score (nSPS) is 35.6. The number of hydrogen-bond acceptors (Lipinski definition) is 12. The molecule has 1 aromatic rings. The zero-order valence-corrected chi connectivity index (χ0v) is 19.8. The van der Waals surface area contributed by atoms with E-state index in [4.69, 9.17) is 9.47 Å². The van der Waals surface area contributed by atoms with Crippen LogP contribution in [0.25, 0.3) is 0 Å². The Morgan fingerprint density at radius 2 is 1.79 bits per heavy atom. The van der Waals surface area contributed by atoms with Gasteiger partial charge in [-0.15, -0.1) is 0 Å². The zero-order chi connectivity index (χ0) is 25.4. The quantitative estimate of drug-likeness (QED) is 0.211. The number of aliphatic hydroxyl groups excluding tert-OH is 3. The molecule has 0 radical (unpaired) electrons. The van der Waals surface area contributed by atoms with Crippen molar-refractivity contribution in [3.63, 3.8) is 0 Å². The van der Waals surface area contributed by atoms with E-state index in [1.807, 2.05) is 0 Å². The number of aryl methyl sites for hydroxylation is 1. The SMILES string of the molecule is Cc1cn([C@H]2C[C@H](O)[C@@H](COP(=O)(O)OP(=O)(O)O[C@H]3C[C@@H](O)[C@@H](O)[C@@H](C)O3)O2)c(=O)[nH]c1=O. The molecule has 34 heavy (non-hydrogen) atoms. The highest BCUT2D eigenvalue weighted by atomic mass is 31.3. The van der Waals surface area contributed by atoms with Crippen molar-refractivity contribution in [3.05, 3.63) is 32.6 Å². The summed E-state index contributed by atoms with van der Waals surface area (Å²) in [5, 5.41) is 29.5. The Labute approximate surface area is 191 Å². The van der Waals surface area contributed by atoms with Crippen molar-refractivity contribution in [1.29, 1.82) is 0 Å². The van der Waals surface area contributed by atoms with Crippen molar-refractivity contribution in [1.82, 2.24) is 9.55 Å². The largest absolute Gasteiger partial charge is 0.483 e. The summed E-state index contributed by atoms with van der Waals surface area (Å²) in [6, 6.07) is 0. The number of aromatic nitrogens is 2. The molecular formula is C16H26N2O14P2. The molecule has 3 rings (SSSR count). The first kappa shape index (κ1) is 27.3. The van der Waals surface area contributed by atoms with Gasteiger partial charge in [0, 0.05) is 24.6 Å². The molecule has 0 saturated carbocycles. The molecule has 0 bridgehead atoms. The Morgan fingerprint density at radius 1 is 1.12 bits per heavy atom. The van der Waals surface area contributed by atoms with Crippen molar-refractivity contribution < 1.29 is 57.1 Å². The van der Waals surface area contributed by atoms with Crippen molar-refractivity contribution in [2.45, 2.75) is 69.7 Å². The monoisotopic (exact) mass is 532 g/mol. The smallest absolute Gasteiger partial charge is 0.390 e. The maximum absolute atomic E-state index is 12.1. The lowest BCUT2D eigenvalue weighted by atomic mass is 10.0. The number of nitrogens with one attached hydrogen (secondary N) is 1. The predicted molar refractivity (Wildman–Crippen MR) is 109 cm³/mol. The first-order chi connectivity index (χ1) is 15.7. The highest BCUT2D eigenvalue weighted by molar-refractivity contribution is 7.61. The van der Waals surface area contributed by atoms with Crippen LogP contribution in [-0.4, -0.2) is 78.1 Å². The molecule has 0 amide bonds. The van der Waals surface area contributed by atoms with Crippen LogP contribution in [0.1, 0.15) is 31.6 Å². The van der Waals surface area contributed by atoms with Gasteiger partial charge in [0.15, 0.2) is 6.29 Å². The van der Waals surface area contributed by atoms with Crippen LogP contribution in [-0.2, 0) is 32.0 Å². The molecule has 194 valence electrons. The van der Waals surface area contributed by atoms with Crippen LogP contribution in [0, 0.1) is 6.92 Å². The van der Waals surface area contributed by atoms with Gasteiger partial charge in [0.05, 0.1) is 24.9 Å². The molecule has 2 saturated heterocycles. The zero-order valence-electron chi connectivity index (χ0n) is 18.0. The molecule has 0 aliphatic carbocycles. The third-order valence-corrected chi connectivity index (χ3v) is 7.82. The lowest BCUT2D eigenvalue weighted by Crippen LogP contribution is -2.47. The Balaban J connectivity index is 1.56. The molecule has 2 fully saturated rings. The van der Waals surface area contributed by atoms with Crippen molar-refractivity contribution >= 4 is 15.6 Å². The first-order valence-corrected chi connectivity index (χ1v) is 13.0.